The van der Waals surface area contributed by atoms with Crippen LogP contribution in [0.1, 0.15) is 19.4 Å². The van der Waals surface area contributed by atoms with Gasteiger partial charge in [0.05, 0.1) is 13.2 Å². The van der Waals surface area contributed by atoms with Gasteiger partial charge in [-0.05, 0) is 37.6 Å². The Morgan fingerprint density at radius 3 is 2.75 bits per heavy atom. The van der Waals surface area contributed by atoms with Crippen LogP contribution in [0.5, 0.6) is 11.5 Å². The van der Waals surface area contributed by atoms with Gasteiger partial charge in [-0.2, -0.15) is 0 Å². The van der Waals surface area contributed by atoms with E-state index in [0.29, 0.717) is 18.0 Å². The number of hydrogen-bond donors (Lipinski definition) is 1. The second kappa shape index (κ2) is 8.04. The van der Waals surface area contributed by atoms with Gasteiger partial charge >= 0.3 is 0 Å². The Labute approximate surface area is 120 Å². The Balaban J connectivity index is 2.79. The van der Waals surface area contributed by atoms with Gasteiger partial charge in [0, 0.05) is 12.6 Å². The fourth-order valence-electron chi connectivity index (χ4n) is 1.54. The lowest BCUT2D eigenvalue weighted by molar-refractivity contribution is -0.116. The SMILES string of the molecule is C=CCNC(=O)/C=C/c1ccc(OC(C)C)c(OC)c1. The summed E-state index contributed by atoms with van der Waals surface area (Å²) < 4.78 is 10.9. The molecule has 0 atom stereocenters. The number of benzene rings is 1. The van der Waals surface area contributed by atoms with E-state index in [-0.39, 0.29) is 12.0 Å². The molecule has 1 amide bonds. The minimum atomic E-state index is -0.161. The van der Waals surface area contributed by atoms with Gasteiger partial charge in [0.1, 0.15) is 0 Å². The van der Waals surface area contributed by atoms with E-state index in [9.17, 15) is 4.79 Å². The predicted octanol–water partition coefficient (Wildman–Crippen LogP) is 2.80. The molecule has 0 spiro atoms. The van der Waals surface area contributed by atoms with Crippen LogP contribution in [-0.2, 0) is 4.79 Å². The van der Waals surface area contributed by atoms with Gasteiger partial charge in [-0.1, -0.05) is 12.1 Å². The number of methoxy groups -OCH3 is 1. The highest BCUT2D eigenvalue weighted by Gasteiger charge is 2.06. The maximum absolute atomic E-state index is 11.4. The van der Waals surface area contributed by atoms with E-state index in [0.717, 1.165) is 5.56 Å². The van der Waals surface area contributed by atoms with Crippen LogP contribution < -0.4 is 14.8 Å². The molecule has 0 saturated carbocycles. The van der Waals surface area contributed by atoms with E-state index in [1.54, 1.807) is 19.3 Å². The van der Waals surface area contributed by atoms with Crippen molar-refractivity contribution in [2.75, 3.05) is 13.7 Å². The van der Waals surface area contributed by atoms with Crippen LogP contribution in [0.3, 0.4) is 0 Å². The number of carbonyl (C=O) groups excluding carboxylic acids is 1. The molecule has 4 nitrogen and oxygen atoms in total. The second-order valence-corrected chi connectivity index (χ2v) is 4.44. The first-order chi connectivity index (χ1) is 9.56. The summed E-state index contributed by atoms with van der Waals surface area (Å²) in [6.07, 6.45) is 4.91. The fraction of sp³-hybridized carbons (Fsp3) is 0.312. The molecule has 1 aromatic carbocycles. The van der Waals surface area contributed by atoms with Crippen LogP contribution in [-0.4, -0.2) is 25.7 Å². The van der Waals surface area contributed by atoms with E-state index >= 15 is 0 Å². The van der Waals surface area contributed by atoms with Gasteiger partial charge in [-0.3, -0.25) is 4.79 Å². The van der Waals surface area contributed by atoms with Gasteiger partial charge < -0.3 is 14.8 Å². The highest BCUT2D eigenvalue weighted by atomic mass is 16.5. The van der Waals surface area contributed by atoms with Crippen molar-refractivity contribution in [1.82, 2.24) is 5.32 Å². The van der Waals surface area contributed by atoms with Crippen molar-refractivity contribution in [3.8, 4) is 11.5 Å². The largest absolute Gasteiger partial charge is 0.493 e. The number of ether oxygens (including phenoxy) is 2. The molecule has 0 aliphatic rings. The average molecular weight is 275 g/mol. The van der Waals surface area contributed by atoms with Crippen molar-refractivity contribution >= 4 is 12.0 Å². The summed E-state index contributed by atoms with van der Waals surface area (Å²) in [7, 11) is 1.59. The molecule has 108 valence electrons. The Bertz CT molecular complexity index is 492. The highest BCUT2D eigenvalue weighted by molar-refractivity contribution is 5.91. The van der Waals surface area contributed by atoms with Crippen molar-refractivity contribution in [1.29, 1.82) is 0 Å². The number of rotatable bonds is 7. The van der Waals surface area contributed by atoms with E-state index in [2.05, 4.69) is 11.9 Å². The molecule has 0 bridgehead atoms. The number of amides is 1. The summed E-state index contributed by atoms with van der Waals surface area (Å²) in [5.41, 5.74) is 0.867. The van der Waals surface area contributed by atoms with Gasteiger partial charge in [-0.25, -0.2) is 0 Å². The zero-order valence-electron chi connectivity index (χ0n) is 12.2. The smallest absolute Gasteiger partial charge is 0.244 e. The van der Waals surface area contributed by atoms with E-state index in [1.165, 1.54) is 6.08 Å². The monoisotopic (exact) mass is 275 g/mol. The Morgan fingerprint density at radius 1 is 1.40 bits per heavy atom. The molecule has 4 heteroatoms. The molecule has 0 heterocycles. The Morgan fingerprint density at radius 2 is 2.15 bits per heavy atom. The normalized spacial score (nSPS) is 10.6. The van der Waals surface area contributed by atoms with Crippen molar-refractivity contribution in [2.24, 2.45) is 0 Å². The zero-order chi connectivity index (χ0) is 15.0. The lowest BCUT2D eigenvalue weighted by atomic mass is 10.2. The molecule has 0 aliphatic carbocycles. The van der Waals surface area contributed by atoms with Crippen LogP contribution in [0.15, 0.2) is 36.9 Å². The minimum Gasteiger partial charge on any atom is -0.493 e. The Kier molecular flexibility index (Phi) is 6.37. The highest BCUT2D eigenvalue weighted by Crippen LogP contribution is 2.29. The summed E-state index contributed by atoms with van der Waals surface area (Å²) >= 11 is 0. The molecular formula is C16H21NO3. The van der Waals surface area contributed by atoms with Gasteiger partial charge in [-0.15, -0.1) is 6.58 Å². The first kappa shape index (κ1) is 15.8. The zero-order valence-corrected chi connectivity index (χ0v) is 12.2. The van der Waals surface area contributed by atoms with Crippen LogP contribution >= 0.6 is 0 Å². The van der Waals surface area contributed by atoms with Gasteiger partial charge in [0.2, 0.25) is 5.91 Å². The molecule has 0 fully saturated rings. The molecule has 0 aromatic heterocycles. The van der Waals surface area contributed by atoms with Crippen LogP contribution in [0.25, 0.3) is 6.08 Å². The summed E-state index contributed by atoms with van der Waals surface area (Å²) in [4.78, 5) is 11.4. The summed E-state index contributed by atoms with van der Waals surface area (Å²) in [6, 6.07) is 5.53. The molecule has 1 rings (SSSR count). The second-order valence-electron chi connectivity index (χ2n) is 4.44. The molecule has 0 saturated heterocycles. The fourth-order valence-corrected chi connectivity index (χ4v) is 1.54. The van der Waals surface area contributed by atoms with E-state index < -0.39 is 0 Å². The molecule has 20 heavy (non-hydrogen) atoms. The van der Waals surface area contributed by atoms with Crippen molar-refractivity contribution < 1.29 is 14.3 Å². The number of nitrogens with one attached hydrogen (secondary N) is 1. The lowest BCUT2D eigenvalue weighted by Crippen LogP contribution is -2.20. The van der Waals surface area contributed by atoms with Crippen molar-refractivity contribution in [2.45, 2.75) is 20.0 Å². The predicted molar refractivity (Wildman–Crippen MR) is 81.0 cm³/mol. The third-order valence-electron chi connectivity index (χ3n) is 2.40. The third kappa shape index (κ3) is 5.18. The van der Waals surface area contributed by atoms with Gasteiger partial charge in [0.15, 0.2) is 11.5 Å². The number of carbonyl (C=O) groups is 1. The maximum Gasteiger partial charge on any atom is 0.244 e. The third-order valence-corrected chi connectivity index (χ3v) is 2.40. The molecular weight excluding hydrogens is 254 g/mol. The molecule has 0 unspecified atom stereocenters. The summed E-state index contributed by atoms with van der Waals surface area (Å²) in [5.74, 6) is 1.18. The molecule has 0 radical (unpaired) electrons. The Hall–Kier alpha value is -2.23. The maximum atomic E-state index is 11.4. The quantitative estimate of drug-likeness (QED) is 0.615. The minimum absolute atomic E-state index is 0.0787. The van der Waals surface area contributed by atoms with Gasteiger partial charge in [0.25, 0.3) is 0 Å². The van der Waals surface area contributed by atoms with E-state index in [1.807, 2.05) is 32.0 Å². The standard InChI is InChI=1S/C16H21NO3/c1-5-10-17-16(18)9-7-13-6-8-14(20-12(2)3)15(11-13)19-4/h5-9,11-12H,1,10H2,2-4H3,(H,17,18)/b9-7+. The van der Waals surface area contributed by atoms with Crippen molar-refractivity contribution in [3.05, 3.63) is 42.5 Å². The van der Waals surface area contributed by atoms with Crippen LogP contribution in [0, 0.1) is 0 Å². The first-order valence-electron chi connectivity index (χ1n) is 6.48. The van der Waals surface area contributed by atoms with Crippen molar-refractivity contribution in [3.63, 3.8) is 0 Å². The van der Waals surface area contributed by atoms with Crippen LogP contribution in [0.4, 0.5) is 0 Å². The molecule has 1 N–H and O–H groups in total. The summed E-state index contributed by atoms with van der Waals surface area (Å²) in [5, 5.41) is 2.67. The first-order valence-corrected chi connectivity index (χ1v) is 6.48. The summed E-state index contributed by atoms with van der Waals surface area (Å²) in [6.45, 7) is 7.90. The van der Waals surface area contributed by atoms with E-state index in [4.69, 9.17) is 9.47 Å². The molecule has 1 aromatic rings. The lowest BCUT2D eigenvalue weighted by Gasteiger charge is -2.13. The average Bonchev–Trinajstić information content (AvgIpc) is 2.43. The van der Waals surface area contributed by atoms with Crippen LogP contribution in [0.2, 0.25) is 0 Å². The topological polar surface area (TPSA) is 47.6 Å². The number of hydrogen-bond acceptors (Lipinski definition) is 3. The molecule has 0 aliphatic heterocycles.